The van der Waals surface area contributed by atoms with Crippen LogP contribution >= 0.6 is 0 Å². The van der Waals surface area contributed by atoms with Crippen molar-refractivity contribution in [1.82, 2.24) is 5.32 Å². The third kappa shape index (κ3) is 4.98. The first-order chi connectivity index (χ1) is 7.29. The van der Waals surface area contributed by atoms with Gasteiger partial charge in [-0.05, 0) is 50.5 Å². The SMILES string of the molecule is CCCNC(CCCOC)C(C)C1CC1. The maximum Gasteiger partial charge on any atom is 0.0462 e. The molecule has 0 aromatic heterocycles. The molecule has 0 spiro atoms. The maximum absolute atomic E-state index is 5.12. The normalized spacial score (nSPS) is 20.2. The topological polar surface area (TPSA) is 21.3 Å². The Balaban J connectivity index is 2.23. The third-order valence-electron chi connectivity index (χ3n) is 3.52. The van der Waals surface area contributed by atoms with Crippen molar-refractivity contribution >= 4 is 0 Å². The van der Waals surface area contributed by atoms with Gasteiger partial charge in [-0.2, -0.15) is 0 Å². The summed E-state index contributed by atoms with van der Waals surface area (Å²) in [5, 5.41) is 3.69. The molecule has 0 aromatic carbocycles. The third-order valence-corrected chi connectivity index (χ3v) is 3.52. The molecule has 1 N–H and O–H groups in total. The number of nitrogens with one attached hydrogen (secondary N) is 1. The lowest BCUT2D eigenvalue weighted by Gasteiger charge is -2.25. The Morgan fingerprint density at radius 1 is 1.40 bits per heavy atom. The summed E-state index contributed by atoms with van der Waals surface area (Å²) in [7, 11) is 1.79. The van der Waals surface area contributed by atoms with Crippen LogP contribution in [0, 0.1) is 11.8 Å². The van der Waals surface area contributed by atoms with Crippen molar-refractivity contribution in [2.75, 3.05) is 20.3 Å². The van der Waals surface area contributed by atoms with E-state index in [1.807, 2.05) is 0 Å². The summed E-state index contributed by atoms with van der Waals surface area (Å²) in [6.07, 6.45) is 6.60. The van der Waals surface area contributed by atoms with E-state index in [-0.39, 0.29) is 0 Å². The number of ether oxygens (including phenoxy) is 1. The van der Waals surface area contributed by atoms with Crippen LogP contribution in [0.25, 0.3) is 0 Å². The maximum atomic E-state index is 5.12. The highest BCUT2D eigenvalue weighted by Gasteiger charge is 2.32. The predicted molar refractivity (Wildman–Crippen MR) is 65.1 cm³/mol. The molecule has 2 heteroatoms. The quantitative estimate of drug-likeness (QED) is 0.595. The zero-order valence-electron chi connectivity index (χ0n) is 10.6. The minimum Gasteiger partial charge on any atom is -0.385 e. The van der Waals surface area contributed by atoms with Gasteiger partial charge in [0, 0.05) is 19.8 Å². The van der Waals surface area contributed by atoms with Crippen molar-refractivity contribution < 1.29 is 4.74 Å². The van der Waals surface area contributed by atoms with E-state index in [0.29, 0.717) is 6.04 Å². The van der Waals surface area contributed by atoms with E-state index in [0.717, 1.165) is 25.0 Å². The molecule has 1 rings (SSSR count). The van der Waals surface area contributed by atoms with Crippen molar-refractivity contribution in [3.8, 4) is 0 Å². The van der Waals surface area contributed by atoms with E-state index in [4.69, 9.17) is 4.74 Å². The largest absolute Gasteiger partial charge is 0.385 e. The van der Waals surface area contributed by atoms with E-state index >= 15 is 0 Å². The number of rotatable bonds is 9. The molecule has 1 aliphatic rings. The minimum absolute atomic E-state index is 0.715. The van der Waals surface area contributed by atoms with E-state index < -0.39 is 0 Å². The van der Waals surface area contributed by atoms with Crippen LogP contribution in [-0.2, 0) is 4.74 Å². The molecule has 1 fully saturated rings. The van der Waals surface area contributed by atoms with Crippen molar-refractivity contribution in [3.63, 3.8) is 0 Å². The van der Waals surface area contributed by atoms with Crippen molar-refractivity contribution in [2.45, 2.75) is 52.0 Å². The summed E-state index contributed by atoms with van der Waals surface area (Å²) >= 11 is 0. The lowest BCUT2D eigenvalue weighted by molar-refractivity contribution is 0.182. The van der Waals surface area contributed by atoms with Gasteiger partial charge in [-0.1, -0.05) is 13.8 Å². The molecule has 0 bridgehead atoms. The van der Waals surface area contributed by atoms with Crippen LogP contribution in [0.5, 0.6) is 0 Å². The van der Waals surface area contributed by atoms with Gasteiger partial charge in [0.25, 0.3) is 0 Å². The number of hydrogen-bond donors (Lipinski definition) is 1. The fourth-order valence-electron chi connectivity index (χ4n) is 2.28. The van der Waals surface area contributed by atoms with Gasteiger partial charge < -0.3 is 10.1 Å². The lowest BCUT2D eigenvalue weighted by atomic mass is 9.93. The summed E-state index contributed by atoms with van der Waals surface area (Å²) < 4.78 is 5.12. The number of methoxy groups -OCH3 is 1. The standard InChI is InChI=1S/C13H27NO/c1-4-9-14-13(6-5-10-15-3)11(2)12-7-8-12/h11-14H,4-10H2,1-3H3. The second kappa shape index (κ2) is 7.24. The molecule has 15 heavy (non-hydrogen) atoms. The summed E-state index contributed by atoms with van der Waals surface area (Å²) in [4.78, 5) is 0. The molecule has 0 aliphatic heterocycles. The molecule has 0 amide bonds. The van der Waals surface area contributed by atoms with E-state index in [2.05, 4.69) is 19.2 Å². The molecule has 1 aliphatic carbocycles. The molecule has 2 atom stereocenters. The molecule has 2 unspecified atom stereocenters. The Labute approximate surface area is 94.8 Å². The first-order valence-corrected chi connectivity index (χ1v) is 6.52. The van der Waals surface area contributed by atoms with Gasteiger partial charge in [0.15, 0.2) is 0 Å². The van der Waals surface area contributed by atoms with E-state index in [9.17, 15) is 0 Å². The fraction of sp³-hybridized carbons (Fsp3) is 1.00. The zero-order valence-corrected chi connectivity index (χ0v) is 10.6. The summed E-state index contributed by atoms with van der Waals surface area (Å²) in [6, 6.07) is 0.715. The van der Waals surface area contributed by atoms with Gasteiger partial charge >= 0.3 is 0 Å². The van der Waals surface area contributed by atoms with Crippen molar-refractivity contribution in [3.05, 3.63) is 0 Å². The lowest BCUT2D eigenvalue weighted by Crippen LogP contribution is -2.36. The first-order valence-electron chi connectivity index (χ1n) is 6.52. The van der Waals surface area contributed by atoms with Crippen molar-refractivity contribution in [1.29, 1.82) is 0 Å². The van der Waals surface area contributed by atoms with Crippen LogP contribution in [0.1, 0.15) is 46.0 Å². The first kappa shape index (κ1) is 13.0. The predicted octanol–water partition coefficient (Wildman–Crippen LogP) is 2.83. The Hall–Kier alpha value is -0.0800. The Morgan fingerprint density at radius 3 is 2.67 bits per heavy atom. The van der Waals surface area contributed by atoms with Crippen LogP contribution in [0.15, 0.2) is 0 Å². The Kier molecular flexibility index (Phi) is 6.26. The average Bonchev–Trinajstić information content (AvgIpc) is 3.06. The Morgan fingerprint density at radius 2 is 2.13 bits per heavy atom. The van der Waals surface area contributed by atoms with Crippen LogP contribution in [0.2, 0.25) is 0 Å². The number of hydrogen-bond acceptors (Lipinski definition) is 2. The molecular weight excluding hydrogens is 186 g/mol. The molecule has 90 valence electrons. The highest BCUT2D eigenvalue weighted by atomic mass is 16.5. The fourth-order valence-corrected chi connectivity index (χ4v) is 2.28. The minimum atomic E-state index is 0.715. The Bertz CT molecular complexity index is 157. The second-order valence-electron chi connectivity index (χ2n) is 4.89. The molecule has 0 heterocycles. The molecule has 0 aromatic rings. The van der Waals surface area contributed by atoms with Gasteiger partial charge in [0.05, 0.1) is 0 Å². The van der Waals surface area contributed by atoms with Gasteiger partial charge in [-0.3, -0.25) is 0 Å². The molecular formula is C13H27NO. The molecule has 2 nitrogen and oxygen atoms in total. The highest BCUT2D eigenvalue weighted by molar-refractivity contribution is 4.86. The molecule has 1 saturated carbocycles. The van der Waals surface area contributed by atoms with Crippen LogP contribution < -0.4 is 5.32 Å². The van der Waals surface area contributed by atoms with E-state index in [1.165, 1.54) is 32.1 Å². The monoisotopic (exact) mass is 213 g/mol. The zero-order chi connectivity index (χ0) is 11.1. The van der Waals surface area contributed by atoms with Crippen molar-refractivity contribution in [2.24, 2.45) is 11.8 Å². The van der Waals surface area contributed by atoms with Gasteiger partial charge in [-0.15, -0.1) is 0 Å². The van der Waals surface area contributed by atoms with Crippen LogP contribution in [0.3, 0.4) is 0 Å². The molecule has 0 radical (unpaired) electrons. The smallest absolute Gasteiger partial charge is 0.0462 e. The summed E-state index contributed by atoms with van der Waals surface area (Å²) in [5.41, 5.74) is 0. The van der Waals surface area contributed by atoms with Gasteiger partial charge in [-0.25, -0.2) is 0 Å². The summed E-state index contributed by atoms with van der Waals surface area (Å²) in [6.45, 7) is 6.72. The molecule has 0 saturated heterocycles. The van der Waals surface area contributed by atoms with E-state index in [1.54, 1.807) is 7.11 Å². The average molecular weight is 213 g/mol. The van der Waals surface area contributed by atoms with Crippen LogP contribution in [-0.4, -0.2) is 26.3 Å². The summed E-state index contributed by atoms with van der Waals surface area (Å²) in [5.74, 6) is 1.86. The van der Waals surface area contributed by atoms with Gasteiger partial charge in [0.2, 0.25) is 0 Å². The van der Waals surface area contributed by atoms with Gasteiger partial charge in [0.1, 0.15) is 0 Å². The highest BCUT2D eigenvalue weighted by Crippen LogP contribution is 2.39. The van der Waals surface area contributed by atoms with Crippen LogP contribution in [0.4, 0.5) is 0 Å². The second-order valence-corrected chi connectivity index (χ2v) is 4.89.